The number of carbonyl (C=O) groups is 5. The molecule has 0 heterocycles. The number of hydrogen-bond acceptors (Lipinski definition) is 8. The second kappa shape index (κ2) is 11.2. The summed E-state index contributed by atoms with van der Waals surface area (Å²) in [7, 11) is 0. The molecule has 0 spiro atoms. The molecule has 0 aromatic heterocycles. The van der Waals surface area contributed by atoms with E-state index in [1.54, 1.807) is 0 Å². The van der Waals surface area contributed by atoms with Gasteiger partial charge in [-0.15, -0.1) is 0 Å². The Morgan fingerprint density at radius 1 is 1.04 bits per heavy atom. The lowest BCUT2D eigenvalue weighted by atomic mass is 10.2. The summed E-state index contributed by atoms with van der Waals surface area (Å²) in [5.74, 6) is -4.90. The van der Waals surface area contributed by atoms with Crippen molar-refractivity contribution in [3.05, 3.63) is 0 Å². The summed E-state index contributed by atoms with van der Waals surface area (Å²) in [6, 6.07) is -3.88. The lowest BCUT2D eigenvalue weighted by molar-refractivity contribution is -0.143. The second-order valence-electron chi connectivity index (χ2n) is 4.88. The van der Waals surface area contributed by atoms with Crippen LogP contribution in [0, 0.1) is 0 Å². The van der Waals surface area contributed by atoms with Crippen molar-refractivity contribution >= 4 is 42.2 Å². The Hall–Kier alpha value is -2.38. The Labute approximate surface area is 148 Å². The standard InChI is InChI=1S/C12H21N5O7S/c13-5(4-25)10(21)17-7(3-18)11(22)15-2-9(20)16-6(12(23)24)1-8(14)19/h5-7,18,25H,1-4,13H2,(H2,14,19)(H,15,22)(H,16,20)(H,17,21)(H,23,24). The summed E-state index contributed by atoms with van der Waals surface area (Å²) in [6.07, 6.45) is -0.619. The third kappa shape index (κ3) is 8.88. The Bertz CT molecular complexity index is 530. The van der Waals surface area contributed by atoms with Gasteiger partial charge in [-0.05, 0) is 0 Å². The highest BCUT2D eigenvalue weighted by atomic mass is 32.1. The van der Waals surface area contributed by atoms with Crippen LogP contribution in [0.4, 0.5) is 0 Å². The van der Waals surface area contributed by atoms with E-state index in [-0.39, 0.29) is 5.75 Å². The summed E-state index contributed by atoms with van der Waals surface area (Å²) in [4.78, 5) is 56.6. The average Bonchev–Trinajstić information content (AvgIpc) is 2.55. The third-order valence-corrected chi connectivity index (χ3v) is 3.20. The SMILES string of the molecule is NC(=O)CC(NC(=O)CNC(=O)C(CO)NC(=O)C(N)CS)C(=O)O. The van der Waals surface area contributed by atoms with Crippen molar-refractivity contribution < 1.29 is 34.2 Å². The minimum Gasteiger partial charge on any atom is -0.480 e. The van der Waals surface area contributed by atoms with Gasteiger partial charge in [0.25, 0.3) is 0 Å². The Balaban J connectivity index is 4.54. The van der Waals surface area contributed by atoms with Crippen LogP contribution in [0.25, 0.3) is 0 Å². The first kappa shape index (κ1) is 22.6. The number of nitrogens with one attached hydrogen (secondary N) is 3. The summed E-state index contributed by atoms with van der Waals surface area (Å²) in [6.45, 7) is -1.40. The largest absolute Gasteiger partial charge is 0.480 e. The van der Waals surface area contributed by atoms with Gasteiger partial charge in [-0.3, -0.25) is 19.2 Å². The van der Waals surface area contributed by atoms with Crippen LogP contribution in [0.15, 0.2) is 0 Å². The normalized spacial score (nSPS) is 13.9. The van der Waals surface area contributed by atoms with E-state index in [4.69, 9.17) is 21.7 Å². The quantitative estimate of drug-likeness (QED) is 0.163. The number of primary amides is 1. The molecule has 13 heteroatoms. The molecular weight excluding hydrogens is 358 g/mol. The minimum absolute atomic E-state index is 0.0183. The molecule has 0 bridgehead atoms. The number of carboxylic acids is 1. The van der Waals surface area contributed by atoms with Crippen LogP contribution in [0.1, 0.15) is 6.42 Å². The Morgan fingerprint density at radius 2 is 1.64 bits per heavy atom. The molecule has 25 heavy (non-hydrogen) atoms. The van der Waals surface area contributed by atoms with E-state index in [0.29, 0.717) is 0 Å². The van der Waals surface area contributed by atoms with Gasteiger partial charge >= 0.3 is 5.97 Å². The highest BCUT2D eigenvalue weighted by Crippen LogP contribution is 1.92. The highest BCUT2D eigenvalue weighted by Gasteiger charge is 2.25. The van der Waals surface area contributed by atoms with Crippen LogP contribution in [0.3, 0.4) is 0 Å². The Morgan fingerprint density at radius 3 is 2.08 bits per heavy atom. The number of aliphatic hydroxyl groups excluding tert-OH is 1. The first-order chi connectivity index (χ1) is 11.6. The smallest absolute Gasteiger partial charge is 0.326 e. The van der Waals surface area contributed by atoms with E-state index in [1.807, 2.05) is 5.32 Å². The van der Waals surface area contributed by atoms with Crippen molar-refractivity contribution in [1.82, 2.24) is 16.0 Å². The van der Waals surface area contributed by atoms with Gasteiger partial charge in [-0.25, -0.2) is 4.79 Å². The fourth-order valence-electron chi connectivity index (χ4n) is 1.49. The fourth-order valence-corrected chi connectivity index (χ4v) is 1.66. The number of rotatable bonds is 11. The van der Waals surface area contributed by atoms with Crippen molar-refractivity contribution in [2.24, 2.45) is 11.5 Å². The molecule has 0 aromatic rings. The second-order valence-corrected chi connectivity index (χ2v) is 5.24. The molecule has 0 aliphatic carbocycles. The van der Waals surface area contributed by atoms with Crippen LogP contribution < -0.4 is 27.4 Å². The van der Waals surface area contributed by atoms with Crippen molar-refractivity contribution in [2.45, 2.75) is 24.5 Å². The van der Waals surface area contributed by atoms with Gasteiger partial charge in [0.05, 0.1) is 25.6 Å². The molecule has 3 atom stereocenters. The van der Waals surface area contributed by atoms with Gasteiger partial charge in [0.2, 0.25) is 23.6 Å². The van der Waals surface area contributed by atoms with Gasteiger partial charge in [0.15, 0.2) is 0 Å². The number of carboxylic acid groups (broad SMARTS) is 1. The molecule has 0 saturated heterocycles. The maximum Gasteiger partial charge on any atom is 0.326 e. The molecule has 0 radical (unpaired) electrons. The predicted molar refractivity (Wildman–Crippen MR) is 87.2 cm³/mol. The van der Waals surface area contributed by atoms with E-state index in [9.17, 15) is 24.0 Å². The van der Waals surface area contributed by atoms with Gasteiger partial charge < -0.3 is 37.6 Å². The zero-order valence-corrected chi connectivity index (χ0v) is 14.0. The van der Waals surface area contributed by atoms with Crippen LogP contribution in [-0.2, 0) is 24.0 Å². The molecule has 0 aromatic carbocycles. The van der Waals surface area contributed by atoms with E-state index in [2.05, 4.69) is 23.3 Å². The van der Waals surface area contributed by atoms with Gasteiger partial charge in [0, 0.05) is 5.75 Å². The summed E-state index contributed by atoms with van der Waals surface area (Å²) in [5, 5.41) is 24.2. The number of hydrogen-bond donors (Lipinski definition) is 8. The van der Waals surface area contributed by atoms with Gasteiger partial charge in [0.1, 0.15) is 12.1 Å². The lowest BCUT2D eigenvalue weighted by Crippen LogP contribution is -2.55. The predicted octanol–water partition coefficient (Wildman–Crippen LogP) is -4.72. The monoisotopic (exact) mass is 379 g/mol. The maximum absolute atomic E-state index is 11.8. The zero-order valence-electron chi connectivity index (χ0n) is 13.1. The molecule has 142 valence electrons. The molecule has 0 aliphatic rings. The number of nitrogens with two attached hydrogens (primary N) is 2. The van der Waals surface area contributed by atoms with Crippen LogP contribution >= 0.6 is 12.6 Å². The van der Waals surface area contributed by atoms with E-state index in [0.717, 1.165) is 0 Å². The maximum atomic E-state index is 11.8. The van der Waals surface area contributed by atoms with Crippen LogP contribution in [0.2, 0.25) is 0 Å². The summed E-state index contributed by atoms with van der Waals surface area (Å²) in [5.41, 5.74) is 10.3. The molecule has 0 rings (SSSR count). The molecular formula is C12H21N5O7S. The highest BCUT2D eigenvalue weighted by molar-refractivity contribution is 7.80. The van der Waals surface area contributed by atoms with Crippen molar-refractivity contribution in [3.8, 4) is 0 Å². The van der Waals surface area contributed by atoms with Crippen molar-refractivity contribution in [2.75, 3.05) is 18.9 Å². The number of aliphatic hydroxyl groups is 1. The molecule has 3 unspecified atom stereocenters. The topological polar surface area (TPSA) is 214 Å². The molecule has 0 fully saturated rings. The molecule has 9 N–H and O–H groups in total. The van der Waals surface area contributed by atoms with E-state index < -0.39 is 67.3 Å². The average molecular weight is 379 g/mol. The number of amides is 4. The van der Waals surface area contributed by atoms with E-state index >= 15 is 0 Å². The summed E-state index contributed by atoms with van der Waals surface area (Å²) >= 11 is 3.82. The lowest BCUT2D eigenvalue weighted by Gasteiger charge is -2.18. The Kier molecular flexibility index (Phi) is 10.2. The number of aliphatic carboxylic acids is 1. The van der Waals surface area contributed by atoms with Gasteiger partial charge in [-0.2, -0.15) is 12.6 Å². The van der Waals surface area contributed by atoms with E-state index in [1.165, 1.54) is 0 Å². The van der Waals surface area contributed by atoms with Crippen molar-refractivity contribution in [1.29, 1.82) is 0 Å². The first-order valence-corrected chi connectivity index (χ1v) is 7.61. The molecule has 0 saturated carbocycles. The minimum atomic E-state index is -1.54. The van der Waals surface area contributed by atoms with Crippen LogP contribution in [-0.4, -0.2) is 76.8 Å². The van der Waals surface area contributed by atoms with Crippen molar-refractivity contribution in [3.63, 3.8) is 0 Å². The van der Waals surface area contributed by atoms with Gasteiger partial charge in [-0.1, -0.05) is 0 Å². The molecule has 4 amide bonds. The molecule has 0 aliphatic heterocycles. The number of thiol groups is 1. The van der Waals surface area contributed by atoms with Crippen LogP contribution in [0.5, 0.6) is 0 Å². The third-order valence-electron chi connectivity index (χ3n) is 2.81. The fraction of sp³-hybridized carbons (Fsp3) is 0.583. The first-order valence-electron chi connectivity index (χ1n) is 6.98. The number of carbonyl (C=O) groups excluding carboxylic acids is 4. The summed E-state index contributed by atoms with van der Waals surface area (Å²) < 4.78 is 0. The zero-order chi connectivity index (χ0) is 19.6. The molecule has 12 nitrogen and oxygen atoms in total.